The minimum Gasteiger partial charge on any atom is -0.368 e. The number of aryl methyl sites for hydroxylation is 1. The molecule has 0 aromatic carbocycles. The van der Waals surface area contributed by atoms with E-state index in [0.717, 1.165) is 5.82 Å². The molecule has 0 saturated heterocycles. The third kappa shape index (κ3) is 3.50. The second-order valence-electron chi connectivity index (χ2n) is 4.51. The predicted molar refractivity (Wildman–Crippen MR) is 73.2 cm³/mol. The minimum absolute atomic E-state index is 0.165. The quantitative estimate of drug-likeness (QED) is 0.823. The Morgan fingerprint density at radius 2 is 2.15 bits per heavy atom. The van der Waals surface area contributed by atoms with Gasteiger partial charge in [0.2, 0.25) is 0 Å². The summed E-state index contributed by atoms with van der Waals surface area (Å²) in [6.45, 7) is 0.652. The molecule has 0 radical (unpaired) electrons. The van der Waals surface area contributed by atoms with Crippen LogP contribution in [0, 0.1) is 0 Å². The highest BCUT2D eigenvalue weighted by atomic mass is 16.2. The van der Waals surface area contributed by atoms with Crippen LogP contribution in [-0.2, 0) is 13.5 Å². The number of hydrogen-bond acceptors (Lipinski definition) is 6. The molecule has 0 spiro atoms. The summed E-state index contributed by atoms with van der Waals surface area (Å²) in [5.74, 6) is 1.23. The fourth-order valence-electron chi connectivity index (χ4n) is 1.57. The average Bonchev–Trinajstić information content (AvgIpc) is 2.84. The fourth-order valence-corrected chi connectivity index (χ4v) is 1.57. The molecule has 1 amide bonds. The van der Waals surface area contributed by atoms with Gasteiger partial charge >= 0.3 is 0 Å². The van der Waals surface area contributed by atoms with Gasteiger partial charge in [0.25, 0.3) is 5.91 Å². The molecular weight excluding hydrogens is 258 g/mol. The second kappa shape index (κ2) is 6.09. The lowest BCUT2D eigenvalue weighted by Crippen LogP contribution is -2.23. The van der Waals surface area contributed by atoms with Crippen LogP contribution < -0.4 is 5.32 Å². The fraction of sp³-hybridized carbons (Fsp3) is 0.417. The Hall–Kier alpha value is -2.51. The number of amides is 1. The van der Waals surface area contributed by atoms with Gasteiger partial charge in [-0.3, -0.25) is 9.48 Å². The van der Waals surface area contributed by atoms with E-state index >= 15 is 0 Å². The molecule has 0 aliphatic carbocycles. The number of rotatable bonds is 5. The number of anilines is 1. The molecular formula is C12H17N7O. The SMILES string of the molecule is CN(C)C(=O)c1ccc(NCCc2ncn(C)n2)nn1. The lowest BCUT2D eigenvalue weighted by atomic mass is 10.3. The zero-order valence-corrected chi connectivity index (χ0v) is 11.7. The molecule has 2 rings (SSSR count). The van der Waals surface area contributed by atoms with Crippen molar-refractivity contribution >= 4 is 11.7 Å². The second-order valence-corrected chi connectivity index (χ2v) is 4.51. The standard InChI is InChI=1S/C12H17N7O/c1-18(2)12(20)9-4-5-10(16-15-9)13-7-6-11-14-8-19(3)17-11/h4-5,8H,6-7H2,1-3H3,(H,13,16). The number of nitrogens with one attached hydrogen (secondary N) is 1. The Morgan fingerprint density at radius 3 is 2.70 bits per heavy atom. The first kappa shape index (κ1) is 13.9. The molecule has 2 heterocycles. The van der Waals surface area contributed by atoms with Gasteiger partial charge in [0.1, 0.15) is 12.1 Å². The lowest BCUT2D eigenvalue weighted by Gasteiger charge is -2.09. The van der Waals surface area contributed by atoms with Gasteiger partial charge in [-0.25, -0.2) is 4.98 Å². The minimum atomic E-state index is -0.165. The van der Waals surface area contributed by atoms with E-state index in [9.17, 15) is 4.79 Å². The molecule has 0 unspecified atom stereocenters. The number of nitrogens with zero attached hydrogens (tertiary/aromatic N) is 6. The first-order valence-corrected chi connectivity index (χ1v) is 6.20. The van der Waals surface area contributed by atoms with Crippen LogP contribution in [0.4, 0.5) is 5.82 Å². The van der Waals surface area contributed by atoms with Crippen molar-refractivity contribution in [1.82, 2.24) is 29.9 Å². The van der Waals surface area contributed by atoms with E-state index in [1.165, 1.54) is 4.90 Å². The monoisotopic (exact) mass is 275 g/mol. The van der Waals surface area contributed by atoms with Crippen LogP contribution >= 0.6 is 0 Å². The van der Waals surface area contributed by atoms with Crippen molar-refractivity contribution in [1.29, 1.82) is 0 Å². The summed E-state index contributed by atoms with van der Waals surface area (Å²) in [4.78, 5) is 17.2. The Morgan fingerprint density at radius 1 is 1.35 bits per heavy atom. The van der Waals surface area contributed by atoms with E-state index in [0.29, 0.717) is 24.5 Å². The van der Waals surface area contributed by atoms with Gasteiger partial charge in [0.15, 0.2) is 11.5 Å². The first-order valence-electron chi connectivity index (χ1n) is 6.20. The smallest absolute Gasteiger partial charge is 0.273 e. The first-order chi connectivity index (χ1) is 9.56. The zero-order valence-electron chi connectivity index (χ0n) is 11.7. The Kier molecular flexibility index (Phi) is 4.24. The topological polar surface area (TPSA) is 88.8 Å². The van der Waals surface area contributed by atoms with Gasteiger partial charge in [-0.1, -0.05) is 0 Å². The molecule has 0 saturated carbocycles. The molecule has 2 aromatic heterocycles. The van der Waals surface area contributed by atoms with E-state index < -0.39 is 0 Å². The summed E-state index contributed by atoms with van der Waals surface area (Å²) in [5, 5.41) is 15.1. The lowest BCUT2D eigenvalue weighted by molar-refractivity contribution is 0.0821. The van der Waals surface area contributed by atoms with Gasteiger partial charge in [-0.15, -0.1) is 10.2 Å². The zero-order chi connectivity index (χ0) is 14.5. The van der Waals surface area contributed by atoms with Crippen LogP contribution in [0.2, 0.25) is 0 Å². The molecule has 0 aliphatic rings. The van der Waals surface area contributed by atoms with Crippen LogP contribution in [0.1, 0.15) is 16.3 Å². The summed E-state index contributed by atoms with van der Waals surface area (Å²) < 4.78 is 1.66. The van der Waals surface area contributed by atoms with E-state index in [-0.39, 0.29) is 5.91 Å². The molecule has 0 fully saturated rings. The van der Waals surface area contributed by atoms with Crippen molar-refractivity contribution < 1.29 is 4.79 Å². The van der Waals surface area contributed by atoms with Crippen molar-refractivity contribution in [3.05, 3.63) is 30.0 Å². The Balaban J connectivity index is 1.86. The highest BCUT2D eigenvalue weighted by molar-refractivity contribution is 5.91. The molecule has 20 heavy (non-hydrogen) atoms. The van der Waals surface area contributed by atoms with E-state index in [1.807, 2.05) is 7.05 Å². The van der Waals surface area contributed by atoms with Gasteiger partial charge in [-0.05, 0) is 12.1 Å². The highest BCUT2D eigenvalue weighted by Gasteiger charge is 2.09. The van der Waals surface area contributed by atoms with Gasteiger partial charge in [0.05, 0.1) is 0 Å². The Labute approximate surface area is 116 Å². The number of hydrogen-bond donors (Lipinski definition) is 1. The summed E-state index contributed by atoms with van der Waals surface area (Å²) >= 11 is 0. The van der Waals surface area contributed by atoms with Gasteiger partial charge in [-0.2, -0.15) is 5.10 Å². The highest BCUT2D eigenvalue weighted by Crippen LogP contribution is 2.03. The van der Waals surface area contributed by atoms with Gasteiger partial charge in [0, 0.05) is 34.1 Å². The molecule has 8 heteroatoms. The maximum atomic E-state index is 11.6. The summed E-state index contributed by atoms with van der Waals surface area (Å²) in [6, 6.07) is 3.38. The van der Waals surface area contributed by atoms with Crippen molar-refractivity contribution in [2.24, 2.45) is 7.05 Å². The van der Waals surface area contributed by atoms with E-state index in [4.69, 9.17) is 0 Å². The summed E-state index contributed by atoms with van der Waals surface area (Å²) in [7, 11) is 5.18. The number of carbonyl (C=O) groups is 1. The van der Waals surface area contributed by atoms with E-state index in [1.54, 1.807) is 37.2 Å². The maximum Gasteiger partial charge on any atom is 0.273 e. The predicted octanol–water partition coefficient (Wildman–Crippen LogP) is -0.0385. The summed E-state index contributed by atoms with van der Waals surface area (Å²) in [6.07, 6.45) is 2.36. The van der Waals surface area contributed by atoms with Crippen LogP contribution in [0.25, 0.3) is 0 Å². The normalized spacial score (nSPS) is 10.3. The van der Waals surface area contributed by atoms with E-state index in [2.05, 4.69) is 25.6 Å². The van der Waals surface area contributed by atoms with Gasteiger partial charge < -0.3 is 10.2 Å². The third-order valence-corrected chi connectivity index (χ3v) is 2.59. The largest absolute Gasteiger partial charge is 0.368 e. The number of aromatic nitrogens is 5. The van der Waals surface area contributed by atoms with Crippen molar-refractivity contribution in [2.45, 2.75) is 6.42 Å². The molecule has 8 nitrogen and oxygen atoms in total. The molecule has 0 aliphatic heterocycles. The van der Waals surface area contributed by atoms with Crippen LogP contribution in [0.5, 0.6) is 0 Å². The van der Waals surface area contributed by atoms with Crippen molar-refractivity contribution in [3.63, 3.8) is 0 Å². The molecule has 2 aromatic rings. The van der Waals surface area contributed by atoms with Crippen LogP contribution in [-0.4, -0.2) is 56.4 Å². The Bertz CT molecular complexity index is 576. The van der Waals surface area contributed by atoms with Crippen molar-refractivity contribution in [3.8, 4) is 0 Å². The third-order valence-electron chi connectivity index (χ3n) is 2.59. The molecule has 0 bridgehead atoms. The molecule has 106 valence electrons. The van der Waals surface area contributed by atoms with Crippen LogP contribution in [0.15, 0.2) is 18.5 Å². The van der Waals surface area contributed by atoms with Crippen LogP contribution in [0.3, 0.4) is 0 Å². The molecule has 1 N–H and O–H groups in total. The molecule has 0 atom stereocenters. The maximum absolute atomic E-state index is 11.6. The number of carbonyl (C=O) groups excluding carboxylic acids is 1. The van der Waals surface area contributed by atoms with Crippen molar-refractivity contribution in [2.75, 3.05) is 26.0 Å². The average molecular weight is 275 g/mol. The summed E-state index contributed by atoms with van der Waals surface area (Å²) in [5.41, 5.74) is 0.326.